The molecular formula is C18H21N3O5. The molecule has 0 aliphatic heterocycles. The maximum atomic E-state index is 12.3. The van der Waals surface area contributed by atoms with Crippen molar-refractivity contribution in [2.75, 3.05) is 14.2 Å². The topological polar surface area (TPSA) is 103 Å². The highest BCUT2D eigenvalue weighted by molar-refractivity contribution is 5.96. The third kappa shape index (κ3) is 3.96. The van der Waals surface area contributed by atoms with Gasteiger partial charge in [-0.25, -0.2) is 0 Å². The summed E-state index contributed by atoms with van der Waals surface area (Å²) in [5.74, 6) is 0.847. The zero-order valence-corrected chi connectivity index (χ0v) is 14.9. The van der Waals surface area contributed by atoms with Gasteiger partial charge in [0.2, 0.25) is 5.91 Å². The van der Waals surface area contributed by atoms with Crippen molar-refractivity contribution >= 4 is 11.8 Å². The van der Waals surface area contributed by atoms with Gasteiger partial charge in [-0.2, -0.15) is 0 Å². The van der Waals surface area contributed by atoms with E-state index in [1.807, 2.05) is 0 Å². The molecule has 1 aromatic heterocycles. The lowest BCUT2D eigenvalue weighted by molar-refractivity contribution is -0.122. The van der Waals surface area contributed by atoms with Crippen LogP contribution in [-0.4, -0.2) is 43.3 Å². The number of nitrogens with zero attached hydrogens (tertiary/aromatic N) is 1. The summed E-state index contributed by atoms with van der Waals surface area (Å²) in [4.78, 5) is 24.3. The Hall–Kier alpha value is -3.03. The lowest BCUT2D eigenvalue weighted by atomic mass is 10.1. The first-order chi connectivity index (χ1) is 12.5. The fourth-order valence-electron chi connectivity index (χ4n) is 2.41. The van der Waals surface area contributed by atoms with Crippen LogP contribution >= 0.6 is 0 Å². The van der Waals surface area contributed by atoms with Crippen LogP contribution in [0.1, 0.15) is 30.3 Å². The Kier molecular flexibility index (Phi) is 5.11. The number of carbonyl (C=O) groups excluding carboxylic acids is 2. The van der Waals surface area contributed by atoms with Crippen LogP contribution in [0, 0.1) is 0 Å². The second kappa shape index (κ2) is 7.47. The van der Waals surface area contributed by atoms with Gasteiger partial charge in [-0.15, -0.1) is 0 Å². The zero-order chi connectivity index (χ0) is 18.7. The fourth-order valence-corrected chi connectivity index (χ4v) is 2.41. The molecule has 8 heteroatoms. The summed E-state index contributed by atoms with van der Waals surface area (Å²) in [5, 5.41) is 9.25. The second-order valence-electron chi connectivity index (χ2n) is 6.12. The first-order valence-corrected chi connectivity index (χ1v) is 8.32. The zero-order valence-electron chi connectivity index (χ0n) is 14.9. The number of carbonyl (C=O) groups is 2. The maximum absolute atomic E-state index is 12.3. The van der Waals surface area contributed by atoms with Gasteiger partial charge in [0.25, 0.3) is 5.91 Å². The van der Waals surface area contributed by atoms with Crippen molar-refractivity contribution in [3.05, 3.63) is 30.0 Å². The molecule has 2 aromatic rings. The largest absolute Gasteiger partial charge is 0.497 e. The van der Waals surface area contributed by atoms with Gasteiger partial charge < -0.3 is 24.6 Å². The number of rotatable bonds is 7. The van der Waals surface area contributed by atoms with Gasteiger partial charge >= 0.3 is 0 Å². The first kappa shape index (κ1) is 17.8. The van der Waals surface area contributed by atoms with Gasteiger partial charge in [-0.3, -0.25) is 9.59 Å². The van der Waals surface area contributed by atoms with Crippen molar-refractivity contribution in [2.24, 2.45) is 0 Å². The van der Waals surface area contributed by atoms with Crippen LogP contribution in [-0.2, 0) is 4.79 Å². The predicted octanol–water partition coefficient (Wildman–Crippen LogP) is 1.76. The molecule has 1 unspecified atom stereocenters. The molecule has 0 saturated heterocycles. The van der Waals surface area contributed by atoms with Crippen molar-refractivity contribution in [3.63, 3.8) is 0 Å². The summed E-state index contributed by atoms with van der Waals surface area (Å²) in [6.45, 7) is 1.63. The Labute approximate surface area is 150 Å². The molecule has 1 fully saturated rings. The highest BCUT2D eigenvalue weighted by atomic mass is 16.5. The fraction of sp³-hybridized carbons (Fsp3) is 0.389. The van der Waals surface area contributed by atoms with E-state index in [-0.39, 0.29) is 17.6 Å². The van der Waals surface area contributed by atoms with E-state index in [1.165, 1.54) is 13.2 Å². The molecule has 1 aliphatic carbocycles. The summed E-state index contributed by atoms with van der Waals surface area (Å²) in [7, 11) is 3.09. The van der Waals surface area contributed by atoms with Crippen molar-refractivity contribution in [2.45, 2.75) is 31.8 Å². The molecule has 2 N–H and O–H groups in total. The molecule has 1 heterocycles. The SMILES string of the molecule is COc1ccc(OC)c(-c2cc(C(=O)NC(C)C(=O)NC3CC3)no2)c1. The molecule has 0 bridgehead atoms. The first-order valence-electron chi connectivity index (χ1n) is 8.32. The van der Waals surface area contributed by atoms with Crippen LogP contribution in [0.5, 0.6) is 11.5 Å². The monoisotopic (exact) mass is 359 g/mol. The summed E-state index contributed by atoms with van der Waals surface area (Å²) in [6, 6.07) is 6.30. The number of nitrogens with one attached hydrogen (secondary N) is 2. The lowest BCUT2D eigenvalue weighted by Crippen LogP contribution is -2.45. The second-order valence-corrected chi connectivity index (χ2v) is 6.12. The highest BCUT2D eigenvalue weighted by Crippen LogP contribution is 2.33. The van der Waals surface area contributed by atoms with Gasteiger partial charge in [0, 0.05) is 12.1 Å². The minimum atomic E-state index is -0.658. The number of aromatic nitrogens is 1. The van der Waals surface area contributed by atoms with Crippen LogP contribution in [0.15, 0.2) is 28.8 Å². The van der Waals surface area contributed by atoms with E-state index < -0.39 is 11.9 Å². The molecule has 0 spiro atoms. The molecule has 1 aliphatic rings. The number of methoxy groups -OCH3 is 2. The molecule has 138 valence electrons. The Balaban J connectivity index is 1.72. The van der Waals surface area contributed by atoms with Crippen LogP contribution < -0.4 is 20.1 Å². The molecule has 0 radical (unpaired) electrons. The number of hydrogen-bond acceptors (Lipinski definition) is 6. The van der Waals surface area contributed by atoms with Gasteiger partial charge in [-0.1, -0.05) is 5.16 Å². The Morgan fingerprint density at radius 2 is 2.00 bits per heavy atom. The highest BCUT2D eigenvalue weighted by Gasteiger charge is 2.27. The summed E-state index contributed by atoms with van der Waals surface area (Å²) in [5.41, 5.74) is 0.689. The molecule has 2 amide bonds. The average Bonchev–Trinajstić information content (AvgIpc) is 3.32. The third-order valence-electron chi connectivity index (χ3n) is 4.08. The molecule has 3 rings (SSSR count). The van der Waals surface area contributed by atoms with Crippen molar-refractivity contribution in [1.29, 1.82) is 0 Å². The summed E-state index contributed by atoms with van der Waals surface area (Å²) >= 11 is 0. The predicted molar refractivity (Wildman–Crippen MR) is 93.1 cm³/mol. The average molecular weight is 359 g/mol. The van der Waals surface area contributed by atoms with Crippen molar-refractivity contribution in [3.8, 4) is 22.8 Å². The summed E-state index contributed by atoms with van der Waals surface area (Å²) < 4.78 is 15.8. The van der Waals surface area contributed by atoms with Gasteiger partial charge in [0.15, 0.2) is 11.5 Å². The molecule has 26 heavy (non-hydrogen) atoms. The number of ether oxygens (including phenoxy) is 2. The van der Waals surface area contributed by atoms with Crippen LogP contribution in [0.3, 0.4) is 0 Å². The molecule has 8 nitrogen and oxygen atoms in total. The minimum Gasteiger partial charge on any atom is -0.497 e. The van der Waals surface area contributed by atoms with E-state index in [2.05, 4.69) is 15.8 Å². The third-order valence-corrected chi connectivity index (χ3v) is 4.08. The molecule has 1 aromatic carbocycles. The van der Waals surface area contributed by atoms with Crippen LogP contribution in [0.25, 0.3) is 11.3 Å². The van der Waals surface area contributed by atoms with Crippen LogP contribution in [0.2, 0.25) is 0 Å². The maximum Gasteiger partial charge on any atom is 0.274 e. The Bertz CT molecular complexity index is 813. The van der Waals surface area contributed by atoms with Gasteiger partial charge in [-0.05, 0) is 38.0 Å². The summed E-state index contributed by atoms with van der Waals surface area (Å²) in [6.07, 6.45) is 1.98. The Morgan fingerprint density at radius 1 is 1.23 bits per heavy atom. The number of hydrogen-bond donors (Lipinski definition) is 2. The quantitative estimate of drug-likeness (QED) is 0.781. The van der Waals surface area contributed by atoms with E-state index in [1.54, 1.807) is 32.2 Å². The minimum absolute atomic E-state index is 0.0796. The molecule has 1 atom stereocenters. The normalized spacial score (nSPS) is 14.4. The Morgan fingerprint density at radius 3 is 2.65 bits per heavy atom. The van der Waals surface area contributed by atoms with E-state index in [9.17, 15) is 9.59 Å². The van der Waals surface area contributed by atoms with E-state index in [4.69, 9.17) is 14.0 Å². The molecular weight excluding hydrogens is 338 g/mol. The van der Waals surface area contributed by atoms with E-state index >= 15 is 0 Å². The van der Waals surface area contributed by atoms with Crippen molar-refractivity contribution < 1.29 is 23.6 Å². The van der Waals surface area contributed by atoms with E-state index in [0.29, 0.717) is 22.8 Å². The number of amides is 2. The van der Waals surface area contributed by atoms with Gasteiger partial charge in [0.1, 0.15) is 17.5 Å². The van der Waals surface area contributed by atoms with Gasteiger partial charge in [0.05, 0.1) is 19.8 Å². The standard InChI is InChI=1S/C18H21N3O5/c1-10(17(22)20-11-4-5-11)19-18(23)14-9-16(26-21-14)13-8-12(24-2)6-7-15(13)25-3/h6-11H,4-5H2,1-3H3,(H,19,23)(H,20,22). The van der Waals surface area contributed by atoms with Crippen molar-refractivity contribution in [1.82, 2.24) is 15.8 Å². The van der Waals surface area contributed by atoms with E-state index in [0.717, 1.165) is 12.8 Å². The lowest BCUT2D eigenvalue weighted by Gasteiger charge is -2.12. The van der Waals surface area contributed by atoms with Crippen LogP contribution in [0.4, 0.5) is 0 Å². The smallest absolute Gasteiger partial charge is 0.274 e. The molecule has 1 saturated carbocycles. The number of benzene rings is 1.